The molecule has 34 heavy (non-hydrogen) atoms. The number of rotatable bonds is 8. The van der Waals surface area contributed by atoms with E-state index in [4.69, 9.17) is 4.98 Å². The van der Waals surface area contributed by atoms with Gasteiger partial charge >= 0.3 is 0 Å². The van der Waals surface area contributed by atoms with Crippen molar-refractivity contribution in [3.63, 3.8) is 0 Å². The Morgan fingerprint density at radius 3 is 2.74 bits per heavy atom. The van der Waals surface area contributed by atoms with Crippen LogP contribution in [0, 0.1) is 46.3 Å². The fourth-order valence-electron chi connectivity index (χ4n) is 9.14. The van der Waals surface area contributed by atoms with Gasteiger partial charge in [-0.1, -0.05) is 77.4 Å². The lowest BCUT2D eigenvalue weighted by Crippen LogP contribution is -2.49. The van der Waals surface area contributed by atoms with Gasteiger partial charge in [0.15, 0.2) is 5.13 Å². The molecule has 7 atom stereocenters. The zero-order valence-corrected chi connectivity index (χ0v) is 23.3. The molecule has 1 aromatic rings. The van der Waals surface area contributed by atoms with Gasteiger partial charge in [-0.25, -0.2) is 4.98 Å². The summed E-state index contributed by atoms with van der Waals surface area (Å²) in [5, 5.41) is 4.53. The molecule has 0 aliphatic heterocycles. The summed E-state index contributed by atoms with van der Waals surface area (Å²) in [5.41, 5.74) is 3.92. The van der Waals surface area contributed by atoms with Crippen LogP contribution in [0.2, 0.25) is 0 Å². The van der Waals surface area contributed by atoms with Crippen LogP contribution in [0.1, 0.15) is 103 Å². The molecule has 4 aliphatic carbocycles. The summed E-state index contributed by atoms with van der Waals surface area (Å²) in [7, 11) is 0. The van der Waals surface area contributed by atoms with Crippen molar-refractivity contribution in [2.75, 3.05) is 11.9 Å². The molecule has 0 amide bonds. The van der Waals surface area contributed by atoms with Gasteiger partial charge in [0.1, 0.15) is 0 Å². The molecule has 1 heterocycles. The average molecular weight is 481 g/mol. The molecule has 188 valence electrons. The van der Waals surface area contributed by atoms with E-state index < -0.39 is 0 Å². The van der Waals surface area contributed by atoms with Crippen molar-refractivity contribution in [3.05, 3.63) is 29.3 Å². The zero-order chi connectivity index (χ0) is 24.1. The number of allylic oxidation sites excluding steroid dienone is 2. The SMILES string of the molecule is C=CCNc1nc2c(s1)C1=CCC3C(CCC4(C)C(C(C)CCCC(C)C)CCC34)C1(C)CC2. The molecule has 1 aromatic heterocycles. The Bertz CT molecular complexity index is 928. The number of nitrogens with zero attached hydrogens (tertiary/aromatic N) is 1. The van der Waals surface area contributed by atoms with E-state index in [1.807, 2.05) is 17.4 Å². The molecule has 5 rings (SSSR count). The monoisotopic (exact) mass is 480 g/mol. The van der Waals surface area contributed by atoms with Gasteiger partial charge in [-0.3, -0.25) is 0 Å². The highest BCUT2D eigenvalue weighted by Crippen LogP contribution is 2.68. The molecular formula is C31H48N2S. The van der Waals surface area contributed by atoms with E-state index in [-0.39, 0.29) is 0 Å². The number of hydrogen-bond acceptors (Lipinski definition) is 3. The summed E-state index contributed by atoms with van der Waals surface area (Å²) in [6.45, 7) is 17.3. The normalized spacial score (nSPS) is 37.3. The Labute approximate surface area is 213 Å². The Kier molecular flexibility index (Phi) is 6.81. The minimum atomic E-state index is 0.348. The van der Waals surface area contributed by atoms with Crippen molar-refractivity contribution >= 4 is 22.0 Å². The molecule has 7 unspecified atom stereocenters. The number of anilines is 1. The second kappa shape index (κ2) is 9.41. The summed E-state index contributed by atoms with van der Waals surface area (Å²) in [6.07, 6.45) is 18.5. The van der Waals surface area contributed by atoms with E-state index in [1.54, 1.807) is 5.57 Å². The van der Waals surface area contributed by atoms with Gasteiger partial charge in [0, 0.05) is 6.54 Å². The number of aryl methyl sites for hydroxylation is 1. The molecule has 2 fully saturated rings. The average Bonchev–Trinajstić information content (AvgIpc) is 3.37. The van der Waals surface area contributed by atoms with Gasteiger partial charge < -0.3 is 5.32 Å². The lowest BCUT2D eigenvalue weighted by atomic mass is 9.47. The summed E-state index contributed by atoms with van der Waals surface area (Å²) in [4.78, 5) is 6.46. The van der Waals surface area contributed by atoms with E-state index in [9.17, 15) is 0 Å². The molecule has 0 saturated heterocycles. The van der Waals surface area contributed by atoms with Crippen molar-refractivity contribution in [3.8, 4) is 0 Å². The van der Waals surface area contributed by atoms with Crippen molar-refractivity contribution in [1.29, 1.82) is 0 Å². The number of thiazole rings is 1. The third-order valence-corrected chi connectivity index (χ3v) is 12.0. The molecule has 1 N–H and O–H groups in total. The highest BCUT2D eigenvalue weighted by atomic mass is 32.1. The summed E-state index contributed by atoms with van der Waals surface area (Å²) >= 11 is 1.89. The molecule has 3 heteroatoms. The molecule has 2 saturated carbocycles. The highest BCUT2D eigenvalue weighted by Gasteiger charge is 2.59. The second-order valence-corrected chi connectivity index (χ2v) is 14.1. The molecular weight excluding hydrogens is 432 g/mol. The Hall–Kier alpha value is -1.09. The minimum absolute atomic E-state index is 0.348. The number of aromatic nitrogens is 1. The van der Waals surface area contributed by atoms with Crippen LogP contribution in [0.5, 0.6) is 0 Å². The van der Waals surface area contributed by atoms with Crippen molar-refractivity contribution in [2.45, 2.75) is 98.8 Å². The standard InChI is InChI=1S/C31H48N2S/c1-7-19-32-29-33-27-16-18-31(6)25-15-17-30(5)23(21(4)10-8-9-20(2)3)13-14-24(30)22(25)11-12-26(31)28(27)34-29/h7,12,20-25H,1,8-11,13-19H2,2-6H3,(H,32,33). The first-order valence-corrected chi connectivity index (χ1v) is 15.1. The maximum Gasteiger partial charge on any atom is 0.183 e. The van der Waals surface area contributed by atoms with Crippen LogP contribution < -0.4 is 5.32 Å². The third kappa shape index (κ3) is 4.02. The summed E-state index contributed by atoms with van der Waals surface area (Å²) < 4.78 is 0. The number of nitrogens with one attached hydrogen (secondary N) is 1. The Morgan fingerprint density at radius 2 is 1.97 bits per heavy atom. The Balaban J connectivity index is 1.36. The lowest BCUT2D eigenvalue weighted by molar-refractivity contribution is -0.0392. The molecule has 2 nitrogen and oxygen atoms in total. The summed E-state index contributed by atoms with van der Waals surface area (Å²) in [5.74, 6) is 5.38. The molecule has 4 aliphatic rings. The van der Waals surface area contributed by atoms with Crippen molar-refractivity contribution < 1.29 is 0 Å². The largest absolute Gasteiger partial charge is 0.358 e. The summed E-state index contributed by atoms with van der Waals surface area (Å²) in [6, 6.07) is 0. The first-order chi connectivity index (χ1) is 16.3. The van der Waals surface area contributed by atoms with Gasteiger partial charge in [0.2, 0.25) is 0 Å². The van der Waals surface area contributed by atoms with Gasteiger partial charge in [-0.2, -0.15) is 0 Å². The van der Waals surface area contributed by atoms with Crippen LogP contribution in [0.4, 0.5) is 5.13 Å². The van der Waals surface area contributed by atoms with Gasteiger partial charge in [0.25, 0.3) is 0 Å². The number of hydrogen-bond donors (Lipinski definition) is 1. The van der Waals surface area contributed by atoms with E-state index in [2.05, 4.69) is 52.6 Å². The second-order valence-electron chi connectivity index (χ2n) is 13.1. The highest BCUT2D eigenvalue weighted by molar-refractivity contribution is 7.16. The van der Waals surface area contributed by atoms with Crippen LogP contribution in [0.3, 0.4) is 0 Å². The molecule has 0 radical (unpaired) electrons. The first-order valence-electron chi connectivity index (χ1n) is 14.3. The van der Waals surface area contributed by atoms with Crippen LogP contribution in [-0.2, 0) is 6.42 Å². The van der Waals surface area contributed by atoms with Gasteiger partial charge in [0.05, 0.1) is 10.6 Å². The third-order valence-electron chi connectivity index (χ3n) is 10.9. The Morgan fingerprint density at radius 1 is 1.15 bits per heavy atom. The zero-order valence-electron chi connectivity index (χ0n) is 22.5. The number of fused-ring (bicyclic) bond motifs is 7. The van der Waals surface area contributed by atoms with Gasteiger partial charge in [-0.05, 0) is 96.9 Å². The van der Waals surface area contributed by atoms with E-state index in [0.717, 1.165) is 53.6 Å². The molecule has 0 aromatic carbocycles. The van der Waals surface area contributed by atoms with Crippen molar-refractivity contribution in [1.82, 2.24) is 4.98 Å². The topological polar surface area (TPSA) is 24.9 Å². The quantitative estimate of drug-likeness (QED) is 0.375. The van der Waals surface area contributed by atoms with Crippen LogP contribution >= 0.6 is 11.3 Å². The van der Waals surface area contributed by atoms with Gasteiger partial charge in [-0.15, -0.1) is 6.58 Å². The van der Waals surface area contributed by atoms with E-state index in [0.29, 0.717) is 10.8 Å². The molecule has 0 spiro atoms. The lowest BCUT2D eigenvalue weighted by Gasteiger charge is -2.57. The predicted molar refractivity (Wildman–Crippen MR) is 148 cm³/mol. The fraction of sp³-hybridized carbons (Fsp3) is 0.774. The van der Waals surface area contributed by atoms with Crippen molar-refractivity contribution in [2.24, 2.45) is 46.3 Å². The smallest absolute Gasteiger partial charge is 0.183 e. The molecule has 0 bridgehead atoms. The first kappa shape index (κ1) is 24.6. The maximum atomic E-state index is 4.96. The van der Waals surface area contributed by atoms with Crippen LogP contribution in [-0.4, -0.2) is 11.5 Å². The van der Waals surface area contributed by atoms with E-state index >= 15 is 0 Å². The fourth-order valence-corrected chi connectivity index (χ4v) is 10.3. The van der Waals surface area contributed by atoms with Crippen LogP contribution in [0.15, 0.2) is 18.7 Å². The van der Waals surface area contributed by atoms with Crippen LogP contribution in [0.25, 0.3) is 5.57 Å². The predicted octanol–water partition coefficient (Wildman–Crippen LogP) is 9.00. The van der Waals surface area contributed by atoms with E-state index in [1.165, 1.54) is 68.4 Å². The maximum absolute atomic E-state index is 4.96. The minimum Gasteiger partial charge on any atom is -0.358 e.